The molecule has 0 spiro atoms. The van der Waals surface area contributed by atoms with E-state index >= 15 is 0 Å². The molecule has 7 heteroatoms. The monoisotopic (exact) mass is 305 g/mol. The predicted molar refractivity (Wildman–Crippen MR) is 83.7 cm³/mol. The van der Waals surface area contributed by atoms with Gasteiger partial charge in [-0.1, -0.05) is 12.8 Å². The summed E-state index contributed by atoms with van der Waals surface area (Å²) >= 11 is 1.55. The molecule has 0 aromatic carbocycles. The maximum absolute atomic E-state index is 12.2. The average molecular weight is 305 g/mol. The van der Waals surface area contributed by atoms with E-state index < -0.39 is 0 Å². The van der Waals surface area contributed by atoms with Crippen LogP contribution in [0.3, 0.4) is 0 Å². The highest BCUT2D eigenvalue weighted by Crippen LogP contribution is 2.25. The van der Waals surface area contributed by atoms with Crippen LogP contribution in [0.1, 0.15) is 37.9 Å². The maximum atomic E-state index is 12.2. The van der Waals surface area contributed by atoms with Crippen LogP contribution in [0.5, 0.6) is 0 Å². The zero-order valence-corrected chi connectivity index (χ0v) is 12.7. The van der Waals surface area contributed by atoms with Crippen LogP contribution in [0.25, 0.3) is 10.2 Å². The first kappa shape index (κ1) is 14.2. The zero-order chi connectivity index (χ0) is 14.7. The van der Waals surface area contributed by atoms with E-state index in [0.717, 1.165) is 36.0 Å². The number of thiophene rings is 1. The van der Waals surface area contributed by atoms with Crippen molar-refractivity contribution >= 4 is 33.3 Å². The Hall–Kier alpha value is -1.73. The van der Waals surface area contributed by atoms with Gasteiger partial charge in [0.25, 0.3) is 0 Å². The molecule has 0 saturated carbocycles. The lowest BCUT2D eigenvalue weighted by Gasteiger charge is -2.24. The Morgan fingerprint density at radius 3 is 3.00 bits per heavy atom. The van der Waals surface area contributed by atoms with Gasteiger partial charge in [0.15, 0.2) is 11.6 Å². The van der Waals surface area contributed by atoms with Crippen LogP contribution in [0.15, 0.2) is 11.4 Å². The van der Waals surface area contributed by atoms with Gasteiger partial charge in [-0.2, -0.15) is 0 Å². The molecular formula is C14H19N5OS. The largest absolute Gasteiger partial charge is 0.335 e. The Kier molecular flexibility index (Phi) is 4.31. The molecule has 0 unspecified atom stereocenters. The van der Waals surface area contributed by atoms with Gasteiger partial charge in [0, 0.05) is 13.0 Å². The van der Waals surface area contributed by atoms with Crippen molar-refractivity contribution in [3.63, 3.8) is 0 Å². The van der Waals surface area contributed by atoms with Crippen LogP contribution in [0, 0.1) is 0 Å². The minimum Gasteiger partial charge on any atom is -0.335 e. The van der Waals surface area contributed by atoms with Crippen molar-refractivity contribution in [3.8, 4) is 0 Å². The van der Waals surface area contributed by atoms with Gasteiger partial charge in [-0.3, -0.25) is 4.79 Å². The van der Waals surface area contributed by atoms with Crippen LogP contribution in [-0.4, -0.2) is 27.3 Å². The normalized spacial score (nSPS) is 16.8. The third kappa shape index (κ3) is 3.14. The first-order valence-electron chi connectivity index (χ1n) is 7.26. The first-order chi connectivity index (χ1) is 10.3. The van der Waals surface area contributed by atoms with Crippen LogP contribution in [-0.2, 0) is 11.3 Å². The number of nitrogens with two attached hydrogens (primary N) is 1. The molecule has 1 aliphatic rings. The summed E-state index contributed by atoms with van der Waals surface area (Å²) in [5.74, 6) is 7.00. The van der Waals surface area contributed by atoms with Gasteiger partial charge < -0.3 is 10.3 Å². The number of rotatable bonds is 3. The molecule has 2 aromatic heterocycles. The Labute approximate surface area is 127 Å². The highest BCUT2D eigenvalue weighted by atomic mass is 32.1. The highest BCUT2D eigenvalue weighted by molar-refractivity contribution is 7.16. The highest BCUT2D eigenvalue weighted by Gasteiger charge is 2.18. The maximum Gasteiger partial charge on any atom is 0.222 e. The molecule has 1 fully saturated rings. The zero-order valence-electron chi connectivity index (χ0n) is 11.8. The quantitative estimate of drug-likeness (QED) is 0.671. The minimum atomic E-state index is 0.201. The number of fused-ring (bicyclic) bond motifs is 1. The molecule has 2 aromatic rings. The van der Waals surface area contributed by atoms with Gasteiger partial charge in [0.2, 0.25) is 5.91 Å². The molecule has 0 bridgehead atoms. The molecule has 0 aliphatic carbocycles. The topological polar surface area (TPSA) is 84.1 Å². The summed E-state index contributed by atoms with van der Waals surface area (Å²) in [6, 6.07) is 1.94. The summed E-state index contributed by atoms with van der Waals surface area (Å²) in [4.78, 5) is 23.9. The standard InChI is InChI=1S/C14H19N5OS/c15-18-13-10-6-8-21-14(10)17-11(16-13)9-19-7-4-2-1-3-5-12(19)20/h6,8H,1-5,7,9,15H2,(H,16,17,18). The smallest absolute Gasteiger partial charge is 0.222 e. The van der Waals surface area contributed by atoms with Crippen LogP contribution < -0.4 is 11.3 Å². The number of carbonyl (C=O) groups is 1. The number of hydrogen-bond donors (Lipinski definition) is 2. The lowest BCUT2D eigenvalue weighted by molar-refractivity contribution is -0.132. The summed E-state index contributed by atoms with van der Waals surface area (Å²) < 4.78 is 0. The van der Waals surface area contributed by atoms with Gasteiger partial charge >= 0.3 is 0 Å². The van der Waals surface area contributed by atoms with E-state index in [-0.39, 0.29) is 5.91 Å². The number of hydrazine groups is 1. The second-order valence-electron chi connectivity index (χ2n) is 5.25. The second kappa shape index (κ2) is 6.36. The Bertz CT molecular complexity index is 641. The van der Waals surface area contributed by atoms with Gasteiger partial charge in [-0.25, -0.2) is 15.8 Å². The molecule has 1 saturated heterocycles. The Morgan fingerprint density at radius 1 is 1.29 bits per heavy atom. The number of nitrogen functional groups attached to an aromatic ring is 1. The van der Waals surface area contributed by atoms with Crippen LogP contribution in [0.4, 0.5) is 5.82 Å². The Morgan fingerprint density at radius 2 is 2.14 bits per heavy atom. The van der Waals surface area contributed by atoms with E-state index in [1.165, 1.54) is 6.42 Å². The Balaban J connectivity index is 1.84. The summed E-state index contributed by atoms with van der Waals surface area (Å²) in [5, 5.41) is 2.89. The van der Waals surface area contributed by atoms with E-state index in [2.05, 4.69) is 15.4 Å². The van der Waals surface area contributed by atoms with E-state index in [0.29, 0.717) is 24.6 Å². The van der Waals surface area contributed by atoms with Crippen molar-refractivity contribution in [1.29, 1.82) is 0 Å². The second-order valence-corrected chi connectivity index (χ2v) is 6.15. The molecule has 0 atom stereocenters. The lowest BCUT2D eigenvalue weighted by Crippen LogP contribution is -2.33. The SMILES string of the molecule is NNc1nc(CN2CCCCCCC2=O)nc2sccc12. The number of anilines is 1. The number of hydrogen-bond acceptors (Lipinski definition) is 6. The minimum absolute atomic E-state index is 0.201. The van der Waals surface area contributed by atoms with E-state index in [4.69, 9.17) is 5.84 Å². The van der Waals surface area contributed by atoms with Crippen LogP contribution >= 0.6 is 11.3 Å². The first-order valence-corrected chi connectivity index (χ1v) is 8.14. The molecule has 112 valence electrons. The van der Waals surface area contributed by atoms with E-state index in [9.17, 15) is 4.79 Å². The van der Waals surface area contributed by atoms with Crippen molar-refractivity contribution in [2.24, 2.45) is 5.84 Å². The summed E-state index contributed by atoms with van der Waals surface area (Å²) in [7, 11) is 0. The summed E-state index contributed by atoms with van der Waals surface area (Å²) in [6.07, 6.45) is 5.00. The van der Waals surface area contributed by atoms with Gasteiger partial charge in [-0.05, 0) is 24.3 Å². The number of likely N-dealkylation sites (tertiary alicyclic amines) is 1. The van der Waals surface area contributed by atoms with Crippen LogP contribution in [0.2, 0.25) is 0 Å². The predicted octanol–water partition coefficient (Wildman–Crippen LogP) is 2.27. The molecule has 0 radical (unpaired) electrons. The molecular weight excluding hydrogens is 286 g/mol. The number of amides is 1. The van der Waals surface area contributed by atoms with Crippen molar-refractivity contribution in [1.82, 2.24) is 14.9 Å². The molecule has 3 N–H and O–H groups in total. The number of aromatic nitrogens is 2. The van der Waals surface area contributed by atoms with Crippen molar-refractivity contribution in [2.45, 2.75) is 38.6 Å². The molecule has 1 amide bonds. The molecule has 21 heavy (non-hydrogen) atoms. The number of nitrogens with zero attached hydrogens (tertiary/aromatic N) is 3. The molecule has 3 rings (SSSR count). The van der Waals surface area contributed by atoms with E-state index in [1.807, 2.05) is 16.3 Å². The fourth-order valence-electron chi connectivity index (χ4n) is 2.63. The van der Waals surface area contributed by atoms with Gasteiger partial charge in [0.05, 0.1) is 11.9 Å². The van der Waals surface area contributed by atoms with Crippen molar-refractivity contribution in [3.05, 3.63) is 17.3 Å². The van der Waals surface area contributed by atoms with E-state index in [1.54, 1.807) is 11.3 Å². The average Bonchev–Trinajstić information content (AvgIpc) is 2.94. The van der Waals surface area contributed by atoms with Gasteiger partial charge in [-0.15, -0.1) is 11.3 Å². The lowest BCUT2D eigenvalue weighted by atomic mass is 10.1. The number of nitrogens with one attached hydrogen (secondary N) is 1. The molecule has 6 nitrogen and oxygen atoms in total. The van der Waals surface area contributed by atoms with Crippen molar-refractivity contribution < 1.29 is 4.79 Å². The molecule has 1 aliphatic heterocycles. The molecule has 3 heterocycles. The van der Waals surface area contributed by atoms with Gasteiger partial charge in [0.1, 0.15) is 4.83 Å². The number of carbonyl (C=O) groups excluding carboxylic acids is 1. The fraction of sp³-hybridized carbons (Fsp3) is 0.500. The third-order valence-electron chi connectivity index (χ3n) is 3.76. The third-order valence-corrected chi connectivity index (χ3v) is 4.57. The van der Waals surface area contributed by atoms with Crippen molar-refractivity contribution in [2.75, 3.05) is 12.0 Å². The summed E-state index contributed by atoms with van der Waals surface area (Å²) in [5.41, 5.74) is 2.62. The summed E-state index contributed by atoms with van der Waals surface area (Å²) in [6.45, 7) is 1.25. The fourth-order valence-corrected chi connectivity index (χ4v) is 3.42.